The summed E-state index contributed by atoms with van der Waals surface area (Å²) in [5, 5.41) is 4.75. The summed E-state index contributed by atoms with van der Waals surface area (Å²) in [4.78, 5) is 19.9. The third-order valence-corrected chi connectivity index (χ3v) is 5.97. The van der Waals surface area contributed by atoms with Gasteiger partial charge in [-0.25, -0.2) is 9.37 Å². The lowest BCUT2D eigenvalue weighted by Crippen LogP contribution is -2.04. The summed E-state index contributed by atoms with van der Waals surface area (Å²) < 4.78 is 15.1. The van der Waals surface area contributed by atoms with Crippen LogP contribution >= 0.6 is 0 Å². The number of nitrogens with two attached hydrogens (primary N) is 1. The van der Waals surface area contributed by atoms with Crippen LogP contribution in [0, 0.1) is 18.7 Å². The fourth-order valence-corrected chi connectivity index (χ4v) is 3.38. The van der Waals surface area contributed by atoms with Gasteiger partial charge in [0, 0.05) is 23.7 Å². The number of ketones is 1. The summed E-state index contributed by atoms with van der Waals surface area (Å²) in [5.41, 5.74) is 7.97. The smallest absolute Gasteiger partial charge is 0.222 e. The van der Waals surface area contributed by atoms with Gasteiger partial charge in [0.2, 0.25) is 5.95 Å². The highest BCUT2D eigenvalue weighted by atomic mass is 19.1. The Hall–Kier alpha value is -3.35. The number of halogens is 1. The van der Waals surface area contributed by atoms with Crippen molar-refractivity contribution in [2.75, 3.05) is 5.73 Å². The van der Waals surface area contributed by atoms with Gasteiger partial charge in [-0.05, 0) is 43.5 Å². The zero-order valence-electron chi connectivity index (χ0n) is 24.3. The van der Waals surface area contributed by atoms with E-state index in [0.717, 1.165) is 18.0 Å². The molecule has 7 heteroatoms. The van der Waals surface area contributed by atoms with Gasteiger partial charge >= 0.3 is 0 Å². The highest BCUT2D eigenvalue weighted by molar-refractivity contribution is 6.00. The molecule has 0 amide bonds. The molecule has 4 aromatic rings. The van der Waals surface area contributed by atoms with E-state index in [2.05, 4.69) is 49.7 Å². The lowest BCUT2D eigenvalue weighted by molar-refractivity contribution is 0.0976. The van der Waals surface area contributed by atoms with Gasteiger partial charge in [-0.2, -0.15) is 9.61 Å². The van der Waals surface area contributed by atoms with Gasteiger partial charge in [0.25, 0.3) is 0 Å². The molecule has 0 fully saturated rings. The van der Waals surface area contributed by atoms with Gasteiger partial charge in [0.1, 0.15) is 17.0 Å². The molecule has 3 heterocycles. The van der Waals surface area contributed by atoms with Gasteiger partial charge in [-0.3, -0.25) is 9.78 Å². The molecule has 1 aromatic carbocycles. The molecule has 3 aromatic heterocycles. The lowest BCUT2D eigenvalue weighted by atomic mass is 10.0. The molecule has 38 heavy (non-hydrogen) atoms. The Morgan fingerprint density at radius 1 is 1.00 bits per heavy atom. The number of anilines is 1. The SMILES string of the molecule is CCCC.CCCC(=O)c1cc2c3cccc(F)c3nc(N)n2n1.CCCC(C)CC.Cc1ccccn1. The summed E-state index contributed by atoms with van der Waals surface area (Å²) in [6, 6.07) is 12.1. The first-order valence-corrected chi connectivity index (χ1v) is 13.9. The highest BCUT2D eigenvalue weighted by Crippen LogP contribution is 2.24. The van der Waals surface area contributed by atoms with Crippen LogP contribution < -0.4 is 5.73 Å². The van der Waals surface area contributed by atoms with Gasteiger partial charge in [0.15, 0.2) is 5.78 Å². The van der Waals surface area contributed by atoms with Gasteiger partial charge in [-0.1, -0.05) is 91.8 Å². The highest BCUT2D eigenvalue weighted by Gasteiger charge is 2.15. The second-order valence-electron chi connectivity index (χ2n) is 9.38. The van der Waals surface area contributed by atoms with Crippen molar-refractivity contribution in [2.24, 2.45) is 5.92 Å². The van der Waals surface area contributed by atoms with Crippen molar-refractivity contribution in [2.45, 2.75) is 93.4 Å². The number of aromatic nitrogens is 4. The molecule has 0 bridgehead atoms. The minimum Gasteiger partial charge on any atom is -0.368 e. The molecule has 0 aliphatic heterocycles. The van der Waals surface area contributed by atoms with Crippen molar-refractivity contribution in [1.29, 1.82) is 0 Å². The lowest BCUT2D eigenvalue weighted by Gasteiger charge is -2.03. The number of nitrogen functional groups attached to an aromatic ring is 1. The molecule has 0 radical (unpaired) electrons. The monoisotopic (exact) mass is 523 g/mol. The normalized spacial score (nSPS) is 10.9. The van der Waals surface area contributed by atoms with Crippen molar-refractivity contribution < 1.29 is 9.18 Å². The van der Waals surface area contributed by atoms with Crippen LogP contribution in [0.25, 0.3) is 16.4 Å². The van der Waals surface area contributed by atoms with E-state index in [9.17, 15) is 9.18 Å². The van der Waals surface area contributed by atoms with Crippen LogP contribution in [0.3, 0.4) is 0 Å². The van der Waals surface area contributed by atoms with Crippen LogP contribution in [0.1, 0.15) is 103 Å². The van der Waals surface area contributed by atoms with Crippen LogP contribution in [0.15, 0.2) is 48.7 Å². The minimum atomic E-state index is -0.445. The fourth-order valence-electron chi connectivity index (χ4n) is 3.38. The maximum Gasteiger partial charge on any atom is 0.222 e. The standard InChI is InChI=1S/C14H13FN4O.C7H16.C6H7N.C4H10/c1-2-4-12(20)10-7-11-8-5-3-6-9(15)13(8)17-14(16)19(11)18-10;1-4-6-7(3)5-2;1-6-4-2-3-5-7-6;1-3-4-2/h3,5-7H,2,4H2,1H3,(H2,16,17);7H,4-6H2,1-3H3;2-5H,1H3;3-4H2,1-2H3. The number of Topliss-reactive ketones (excluding diaryl/α,β-unsaturated/α-hetero) is 1. The summed E-state index contributed by atoms with van der Waals surface area (Å²) in [7, 11) is 0. The zero-order valence-corrected chi connectivity index (χ0v) is 24.3. The molecule has 208 valence electrons. The molecule has 2 N–H and O–H groups in total. The van der Waals surface area contributed by atoms with E-state index < -0.39 is 5.82 Å². The molecule has 0 spiro atoms. The van der Waals surface area contributed by atoms with Crippen LogP contribution in [0.2, 0.25) is 0 Å². The summed E-state index contributed by atoms with van der Waals surface area (Å²) in [5.74, 6) is 0.512. The summed E-state index contributed by atoms with van der Waals surface area (Å²) in [6.07, 6.45) is 9.67. The molecule has 4 rings (SSSR count). The van der Waals surface area contributed by atoms with Crippen LogP contribution in [0.4, 0.5) is 10.3 Å². The number of aryl methyl sites for hydroxylation is 1. The number of para-hydroxylation sites is 1. The molecular formula is C31H46FN5O. The zero-order chi connectivity index (χ0) is 28.5. The number of rotatable bonds is 7. The molecule has 0 saturated carbocycles. The molecule has 0 saturated heterocycles. The Morgan fingerprint density at radius 2 is 1.71 bits per heavy atom. The van der Waals surface area contributed by atoms with Crippen LogP contribution in [-0.2, 0) is 0 Å². The van der Waals surface area contributed by atoms with E-state index in [1.54, 1.807) is 24.4 Å². The van der Waals surface area contributed by atoms with Gasteiger partial charge in [0.05, 0.1) is 5.52 Å². The molecule has 6 nitrogen and oxygen atoms in total. The Bertz CT molecular complexity index is 1220. The van der Waals surface area contributed by atoms with Crippen molar-refractivity contribution in [3.05, 3.63) is 65.9 Å². The number of unbranched alkanes of at least 4 members (excludes halogenated alkanes) is 1. The predicted octanol–water partition coefficient (Wildman–Crippen LogP) is 8.62. The summed E-state index contributed by atoms with van der Waals surface area (Å²) in [6.45, 7) is 15.1. The number of hydrogen-bond acceptors (Lipinski definition) is 5. The topological polar surface area (TPSA) is 86.2 Å². The molecule has 0 aliphatic carbocycles. The number of hydrogen-bond donors (Lipinski definition) is 1. The second-order valence-corrected chi connectivity index (χ2v) is 9.38. The number of carbonyl (C=O) groups is 1. The van der Waals surface area contributed by atoms with E-state index >= 15 is 0 Å². The quantitative estimate of drug-likeness (QED) is 0.245. The van der Waals surface area contributed by atoms with Crippen molar-refractivity contribution >= 4 is 28.2 Å². The molecule has 1 atom stereocenters. The van der Waals surface area contributed by atoms with E-state index in [-0.39, 0.29) is 17.2 Å². The number of fused-ring (bicyclic) bond motifs is 3. The molecular weight excluding hydrogens is 477 g/mol. The molecule has 0 aliphatic rings. The maximum atomic E-state index is 13.8. The number of benzene rings is 1. The Morgan fingerprint density at radius 3 is 2.18 bits per heavy atom. The number of carbonyl (C=O) groups excluding carboxylic acids is 1. The first kappa shape index (κ1) is 32.7. The average molecular weight is 524 g/mol. The first-order chi connectivity index (χ1) is 18.2. The Labute approximate surface area is 227 Å². The number of pyridine rings is 1. The van der Waals surface area contributed by atoms with Gasteiger partial charge < -0.3 is 5.73 Å². The molecule has 1 unspecified atom stereocenters. The second kappa shape index (κ2) is 18.0. The fraction of sp³-hybridized carbons (Fsp3) is 0.484. The third-order valence-electron chi connectivity index (χ3n) is 5.97. The third kappa shape index (κ3) is 10.6. The van der Waals surface area contributed by atoms with E-state index in [4.69, 9.17) is 5.73 Å². The van der Waals surface area contributed by atoms with Crippen molar-refractivity contribution in [1.82, 2.24) is 19.6 Å². The van der Waals surface area contributed by atoms with Crippen LogP contribution in [0.5, 0.6) is 0 Å². The van der Waals surface area contributed by atoms with Crippen LogP contribution in [-0.4, -0.2) is 25.4 Å². The number of nitrogens with zero attached hydrogens (tertiary/aromatic N) is 4. The van der Waals surface area contributed by atoms with Crippen molar-refractivity contribution in [3.63, 3.8) is 0 Å². The first-order valence-electron chi connectivity index (χ1n) is 13.9. The largest absolute Gasteiger partial charge is 0.368 e. The Balaban J connectivity index is 0.000000329. The minimum absolute atomic E-state index is 0.0554. The maximum absolute atomic E-state index is 13.8. The van der Waals surface area contributed by atoms with E-state index in [1.165, 1.54) is 42.7 Å². The summed E-state index contributed by atoms with van der Waals surface area (Å²) >= 11 is 0. The van der Waals surface area contributed by atoms with Crippen molar-refractivity contribution in [3.8, 4) is 0 Å². The average Bonchev–Trinajstić information content (AvgIpc) is 3.38. The van der Waals surface area contributed by atoms with E-state index in [0.29, 0.717) is 23.0 Å². The van der Waals surface area contributed by atoms with Gasteiger partial charge in [-0.15, -0.1) is 0 Å². The predicted molar refractivity (Wildman–Crippen MR) is 158 cm³/mol. The Kier molecular flexibility index (Phi) is 15.5. The van der Waals surface area contributed by atoms with E-state index in [1.807, 2.05) is 32.0 Å².